The first-order valence-electron chi connectivity index (χ1n) is 3.66. The molecule has 0 aliphatic rings. The molecule has 1 heteroatoms. The van der Waals surface area contributed by atoms with E-state index in [4.69, 9.17) is 0 Å². The molecule has 0 spiro atoms. The first-order valence-corrected chi connectivity index (χ1v) is 3.66. The van der Waals surface area contributed by atoms with E-state index in [2.05, 4.69) is 32.2 Å². The van der Waals surface area contributed by atoms with Crippen molar-refractivity contribution in [3.05, 3.63) is 43.1 Å². The van der Waals surface area contributed by atoms with Gasteiger partial charge in [-0.05, 0) is 0 Å². The number of aromatic nitrogens is 1. The van der Waals surface area contributed by atoms with E-state index in [0.717, 1.165) is 0 Å². The van der Waals surface area contributed by atoms with E-state index >= 15 is 0 Å². The number of fused-ring (bicyclic) bond motifs is 1. The summed E-state index contributed by atoms with van der Waals surface area (Å²) in [7, 11) is 3.89. The van der Waals surface area contributed by atoms with E-state index in [1.165, 1.54) is 16.5 Å². The fourth-order valence-electron chi connectivity index (χ4n) is 1.43. The number of hydrogen-bond acceptors (Lipinski definition) is 0. The van der Waals surface area contributed by atoms with Crippen molar-refractivity contribution in [1.82, 2.24) is 4.57 Å². The first-order chi connectivity index (χ1) is 5.29. The highest BCUT2D eigenvalue weighted by molar-refractivity contribution is 5.83. The molecule has 0 saturated heterocycles. The molecule has 0 fully saturated rings. The Balaban J connectivity index is 2.95. The molecule has 0 atom stereocenters. The van der Waals surface area contributed by atoms with Crippen LogP contribution in [0, 0.1) is 14.0 Å². The molecule has 1 aromatic carbocycles. The first kappa shape index (κ1) is 6.35. The SMILES string of the molecule is [CH2-]n1cc(C)c2ccccc21. The smallest absolute Gasteiger partial charge is 0.0503 e. The number of hydrogen-bond donors (Lipinski definition) is 0. The minimum absolute atomic E-state index is 1.20. The van der Waals surface area contributed by atoms with Gasteiger partial charge in [-0.25, -0.2) is 0 Å². The van der Waals surface area contributed by atoms with Crippen LogP contribution in [0.25, 0.3) is 10.9 Å². The van der Waals surface area contributed by atoms with Crippen LogP contribution < -0.4 is 0 Å². The number of nitrogens with zero attached hydrogens (tertiary/aromatic N) is 1. The maximum Gasteiger partial charge on any atom is -0.0503 e. The molecule has 0 N–H and O–H groups in total. The summed E-state index contributed by atoms with van der Waals surface area (Å²) in [6, 6.07) is 8.28. The van der Waals surface area contributed by atoms with Gasteiger partial charge in [-0.15, -0.1) is 7.05 Å². The highest BCUT2D eigenvalue weighted by atomic mass is 14.9. The standard InChI is InChI=1S/C10H10N/c1-8-7-11(2)10-6-4-3-5-9(8)10/h3-7H,2H2,1H3/q-1. The Morgan fingerprint density at radius 2 is 2.00 bits per heavy atom. The predicted octanol–water partition coefficient (Wildman–Crippen LogP) is 2.59. The van der Waals surface area contributed by atoms with Crippen LogP contribution in [0.15, 0.2) is 30.5 Å². The molecular formula is C10H10N-. The molecule has 2 aromatic rings. The minimum atomic E-state index is 1.20. The Morgan fingerprint density at radius 3 is 2.73 bits per heavy atom. The lowest BCUT2D eigenvalue weighted by Gasteiger charge is -2.02. The van der Waals surface area contributed by atoms with Crippen LogP contribution in [0.3, 0.4) is 0 Å². The molecule has 0 unspecified atom stereocenters. The molecule has 0 amide bonds. The monoisotopic (exact) mass is 144 g/mol. The molecule has 56 valence electrons. The van der Waals surface area contributed by atoms with Gasteiger partial charge in [-0.3, -0.25) is 0 Å². The second-order valence-corrected chi connectivity index (χ2v) is 2.80. The molecular weight excluding hydrogens is 134 g/mol. The van der Waals surface area contributed by atoms with Crippen LogP contribution in [-0.2, 0) is 0 Å². The Morgan fingerprint density at radius 1 is 1.27 bits per heavy atom. The highest BCUT2D eigenvalue weighted by Gasteiger charge is 1.91. The highest BCUT2D eigenvalue weighted by Crippen LogP contribution is 2.18. The third-order valence-electron chi connectivity index (χ3n) is 1.99. The van der Waals surface area contributed by atoms with Crippen molar-refractivity contribution in [2.24, 2.45) is 0 Å². The Kier molecular flexibility index (Phi) is 1.19. The van der Waals surface area contributed by atoms with Crippen LogP contribution in [-0.4, -0.2) is 4.57 Å². The van der Waals surface area contributed by atoms with Crippen LogP contribution in [0.5, 0.6) is 0 Å². The van der Waals surface area contributed by atoms with Gasteiger partial charge in [0.25, 0.3) is 0 Å². The maximum atomic E-state index is 3.89. The molecule has 1 nitrogen and oxygen atoms in total. The van der Waals surface area contributed by atoms with Crippen LogP contribution in [0.2, 0.25) is 0 Å². The average molecular weight is 144 g/mol. The molecule has 11 heavy (non-hydrogen) atoms. The van der Waals surface area contributed by atoms with E-state index < -0.39 is 0 Å². The number of aryl methyl sites for hydroxylation is 1. The Labute approximate surface area is 66.3 Å². The van der Waals surface area contributed by atoms with Gasteiger partial charge in [0.1, 0.15) is 0 Å². The minimum Gasteiger partial charge on any atom is -0.487 e. The zero-order chi connectivity index (χ0) is 7.84. The number of benzene rings is 1. The number of rotatable bonds is 0. The van der Waals surface area contributed by atoms with Gasteiger partial charge in [0.2, 0.25) is 0 Å². The van der Waals surface area contributed by atoms with Crippen molar-refractivity contribution < 1.29 is 0 Å². The van der Waals surface area contributed by atoms with E-state index in [9.17, 15) is 0 Å². The predicted molar refractivity (Wildman–Crippen MR) is 47.4 cm³/mol. The Bertz CT molecular complexity index is 349. The molecule has 1 aromatic heterocycles. The fourth-order valence-corrected chi connectivity index (χ4v) is 1.43. The maximum absolute atomic E-state index is 3.89. The van der Waals surface area contributed by atoms with E-state index in [0.29, 0.717) is 0 Å². The van der Waals surface area contributed by atoms with Crippen LogP contribution in [0.4, 0.5) is 0 Å². The summed E-state index contributed by atoms with van der Waals surface area (Å²) in [4.78, 5) is 0. The lowest BCUT2D eigenvalue weighted by molar-refractivity contribution is 1.13. The zero-order valence-electron chi connectivity index (χ0n) is 6.54. The normalized spacial score (nSPS) is 10.6. The third-order valence-corrected chi connectivity index (χ3v) is 1.99. The quantitative estimate of drug-likeness (QED) is 0.501. The van der Waals surface area contributed by atoms with Gasteiger partial charge in [0.05, 0.1) is 0 Å². The summed E-state index contributed by atoms with van der Waals surface area (Å²) in [6.45, 7) is 2.10. The lowest BCUT2D eigenvalue weighted by atomic mass is 10.2. The summed E-state index contributed by atoms with van der Waals surface area (Å²) in [6.07, 6.45) is 2.05. The molecule has 1 heterocycles. The molecule has 0 bridgehead atoms. The summed E-state index contributed by atoms with van der Waals surface area (Å²) in [5, 5.41) is 1.29. The summed E-state index contributed by atoms with van der Waals surface area (Å²) in [5.41, 5.74) is 2.49. The lowest BCUT2D eigenvalue weighted by Crippen LogP contribution is -1.78. The van der Waals surface area contributed by atoms with Gasteiger partial charge in [-0.1, -0.05) is 53.9 Å². The van der Waals surface area contributed by atoms with Crippen molar-refractivity contribution >= 4 is 10.9 Å². The fraction of sp³-hybridized carbons (Fsp3) is 0.100. The van der Waals surface area contributed by atoms with Gasteiger partial charge in [0.15, 0.2) is 0 Å². The van der Waals surface area contributed by atoms with Crippen LogP contribution >= 0.6 is 0 Å². The van der Waals surface area contributed by atoms with Crippen molar-refractivity contribution in [3.8, 4) is 0 Å². The molecule has 0 radical (unpaired) electrons. The van der Waals surface area contributed by atoms with E-state index in [1.807, 2.05) is 16.8 Å². The van der Waals surface area contributed by atoms with Gasteiger partial charge in [0, 0.05) is 0 Å². The largest absolute Gasteiger partial charge is 0.487 e. The molecule has 0 aliphatic heterocycles. The van der Waals surface area contributed by atoms with Gasteiger partial charge < -0.3 is 4.57 Å². The zero-order valence-corrected chi connectivity index (χ0v) is 6.54. The van der Waals surface area contributed by atoms with Crippen molar-refractivity contribution in [2.45, 2.75) is 6.92 Å². The van der Waals surface area contributed by atoms with Crippen LogP contribution in [0.1, 0.15) is 5.56 Å². The second kappa shape index (κ2) is 2.06. The average Bonchev–Trinajstić information content (AvgIpc) is 2.30. The van der Waals surface area contributed by atoms with E-state index in [-0.39, 0.29) is 0 Å². The Hall–Kier alpha value is -1.37. The van der Waals surface area contributed by atoms with Gasteiger partial charge >= 0.3 is 0 Å². The van der Waals surface area contributed by atoms with Crippen molar-refractivity contribution in [3.63, 3.8) is 0 Å². The number of para-hydroxylation sites is 1. The summed E-state index contributed by atoms with van der Waals surface area (Å²) >= 11 is 0. The van der Waals surface area contributed by atoms with E-state index in [1.54, 1.807) is 0 Å². The second-order valence-electron chi connectivity index (χ2n) is 2.80. The van der Waals surface area contributed by atoms with Crippen molar-refractivity contribution in [1.29, 1.82) is 0 Å². The topological polar surface area (TPSA) is 4.93 Å². The third kappa shape index (κ3) is 0.811. The molecule has 0 aliphatic carbocycles. The van der Waals surface area contributed by atoms with Gasteiger partial charge in [-0.2, -0.15) is 0 Å². The van der Waals surface area contributed by atoms with Crippen molar-refractivity contribution in [2.75, 3.05) is 0 Å². The molecule has 0 saturated carbocycles. The molecule has 2 rings (SSSR count). The summed E-state index contributed by atoms with van der Waals surface area (Å²) in [5.74, 6) is 0. The summed E-state index contributed by atoms with van der Waals surface area (Å²) < 4.78 is 1.91.